The van der Waals surface area contributed by atoms with Crippen molar-refractivity contribution in [3.63, 3.8) is 0 Å². The lowest BCUT2D eigenvalue weighted by Gasteiger charge is -2.16. The van der Waals surface area contributed by atoms with E-state index in [1.165, 1.54) is 17.9 Å². The van der Waals surface area contributed by atoms with Crippen molar-refractivity contribution >= 4 is 23.4 Å². The van der Waals surface area contributed by atoms with Crippen molar-refractivity contribution in [1.29, 1.82) is 0 Å². The van der Waals surface area contributed by atoms with Gasteiger partial charge in [0, 0.05) is 25.1 Å². The van der Waals surface area contributed by atoms with Crippen LogP contribution in [0.4, 0.5) is 11.6 Å². The number of rotatable bonds is 7. The first-order valence-electron chi connectivity index (χ1n) is 7.67. The highest BCUT2D eigenvalue weighted by molar-refractivity contribution is 7.99. The molecule has 0 radical (unpaired) electrons. The third kappa shape index (κ3) is 4.01. The topological polar surface area (TPSA) is 49.8 Å². The highest BCUT2D eigenvalue weighted by Crippen LogP contribution is 2.25. The van der Waals surface area contributed by atoms with Gasteiger partial charge in [-0.15, -0.1) is 0 Å². The van der Waals surface area contributed by atoms with Gasteiger partial charge in [-0.1, -0.05) is 6.92 Å². The molecule has 2 rings (SSSR count). The highest BCUT2D eigenvalue weighted by Gasteiger charge is 2.16. The molecule has 0 bridgehead atoms. The predicted molar refractivity (Wildman–Crippen MR) is 88.8 cm³/mol. The molecule has 1 aliphatic heterocycles. The van der Waals surface area contributed by atoms with Gasteiger partial charge >= 0.3 is 0 Å². The Morgan fingerprint density at radius 1 is 1.20 bits per heavy atom. The van der Waals surface area contributed by atoms with Gasteiger partial charge in [0.15, 0.2) is 0 Å². The van der Waals surface area contributed by atoms with Crippen molar-refractivity contribution in [3.05, 3.63) is 11.4 Å². The second kappa shape index (κ2) is 7.72. The molecule has 0 aromatic carbocycles. The number of aryl methyl sites for hydroxylation is 1. The van der Waals surface area contributed by atoms with Gasteiger partial charge in [-0.25, -0.2) is 9.97 Å². The van der Waals surface area contributed by atoms with Gasteiger partial charge in [0.25, 0.3) is 0 Å². The van der Waals surface area contributed by atoms with Gasteiger partial charge in [0.2, 0.25) is 0 Å². The fraction of sp³-hybridized carbons (Fsp3) is 0.733. The number of anilines is 2. The van der Waals surface area contributed by atoms with Crippen LogP contribution in [0.3, 0.4) is 0 Å². The van der Waals surface area contributed by atoms with Crippen molar-refractivity contribution < 1.29 is 0 Å². The van der Waals surface area contributed by atoms with Crippen molar-refractivity contribution in [2.24, 2.45) is 5.92 Å². The molecule has 1 aromatic rings. The summed E-state index contributed by atoms with van der Waals surface area (Å²) in [7, 11) is 0. The molecule has 5 heteroatoms. The van der Waals surface area contributed by atoms with Crippen molar-refractivity contribution in [3.8, 4) is 0 Å². The van der Waals surface area contributed by atoms with Gasteiger partial charge in [-0.05, 0) is 44.1 Å². The normalized spacial score (nSPS) is 18.2. The van der Waals surface area contributed by atoms with Crippen LogP contribution in [0.5, 0.6) is 0 Å². The molecule has 20 heavy (non-hydrogen) atoms. The quantitative estimate of drug-likeness (QED) is 0.808. The molecule has 4 nitrogen and oxygen atoms in total. The minimum atomic E-state index is 0.784. The van der Waals surface area contributed by atoms with Crippen LogP contribution in [0, 0.1) is 12.8 Å². The van der Waals surface area contributed by atoms with E-state index in [4.69, 9.17) is 4.98 Å². The van der Waals surface area contributed by atoms with Crippen LogP contribution in [-0.4, -0.2) is 34.6 Å². The van der Waals surface area contributed by atoms with E-state index in [9.17, 15) is 0 Å². The molecule has 0 amide bonds. The Hall–Kier alpha value is -0.970. The first kappa shape index (κ1) is 15.4. The van der Waals surface area contributed by atoms with Crippen LogP contribution in [0.2, 0.25) is 0 Å². The van der Waals surface area contributed by atoms with Crippen LogP contribution in [0.15, 0.2) is 0 Å². The fourth-order valence-electron chi connectivity index (χ4n) is 2.40. The monoisotopic (exact) mass is 294 g/mol. The van der Waals surface area contributed by atoms with Crippen LogP contribution < -0.4 is 10.6 Å². The number of hydrogen-bond acceptors (Lipinski definition) is 5. The largest absolute Gasteiger partial charge is 0.370 e. The van der Waals surface area contributed by atoms with E-state index < -0.39 is 0 Å². The Morgan fingerprint density at radius 2 is 1.95 bits per heavy atom. The second-order valence-electron chi connectivity index (χ2n) is 5.35. The molecular formula is C15H26N4S. The fourth-order valence-corrected chi connectivity index (χ4v) is 3.68. The zero-order chi connectivity index (χ0) is 14.4. The van der Waals surface area contributed by atoms with Gasteiger partial charge < -0.3 is 10.6 Å². The number of aromatic nitrogens is 2. The number of nitrogens with one attached hydrogen (secondary N) is 2. The third-order valence-corrected chi connectivity index (χ3v) is 4.82. The molecule has 0 saturated carbocycles. The van der Waals surface area contributed by atoms with E-state index in [0.717, 1.165) is 54.9 Å². The lowest BCUT2D eigenvalue weighted by Crippen LogP contribution is -2.17. The Bertz CT molecular complexity index is 430. The molecule has 2 N–H and O–H groups in total. The average molecular weight is 294 g/mol. The first-order chi connectivity index (χ1) is 9.74. The van der Waals surface area contributed by atoms with E-state index in [1.807, 2.05) is 0 Å². The van der Waals surface area contributed by atoms with E-state index >= 15 is 0 Å². The standard InChI is InChI=1S/C15H26N4S/c1-4-6-13-18-14(16-5-2)11(3)15(19-13)17-9-12-7-8-20-10-12/h12H,4-10H2,1-3H3,(H2,16,17,18,19). The average Bonchev–Trinajstić information content (AvgIpc) is 2.94. The smallest absolute Gasteiger partial charge is 0.134 e. The van der Waals surface area contributed by atoms with Gasteiger partial charge in [0.05, 0.1) is 0 Å². The van der Waals surface area contributed by atoms with E-state index in [2.05, 4.69) is 48.2 Å². The summed E-state index contributed by atoms with van der Waals surface area (Å²) in [5.41, 5.74) is 1.14. The first-order valence-corrected chi connectivity index (χ1v) is 8.83. The van der Waals surface area contributed by atoms with Gasteiger partial charge in [0.1, 0.15) is 17.5 Å². The molecule has 1 unspecified atom stereocenters. The second-order valence-corrected chi connectivity index (χ2v) is 6.50. The van der Waals surface area contributed by atoms with E-state index in [-0.39, 0.29) is 0 Å². The maximum Gasteiger partial charge on any atom is 0.134 e. The minimum Gasteiger partial charge on any atom is -0.370 e. The molecule has 112 valence electrons. The van der Waals surface area contributed by atoms with E-state index in [1.54, 1.807) is 0 Å². The maximum absolute atomic E-state index is 4.70. The molecule has 0 spiro atoms. The zero-order valence-corrected chi connectivity index (χ0v) is 13.6. The summed E-state index contributed by atoms with van der Waals surface area (Å²) in [6.45, 7) is 8.28. The van der Waals surface area contributed by atoms with Crippen molar-refractivity contribution in [1.82, 2.24) is 9.97 Å². The summed E-state index contributed by atoms with van der Waals surface area (Å²) in [4.78, 5) is 9.32. The number of nitrogens with zero attached hydrogens (tertiary/aromatic N) is 2. The maximum atomic E-state index is 4.70. The van der Waals surface area contributed by atoms with Gasteiger partial charge in [-0.3, -0.25) is 0 Å². The predicted octanol–water partition coefficient (Wildman–Crippen LogP) is 3.33. The van der Waals surface area contributed by atoms with Crippen molar-refractivity contribution in [2.45, 2.75) is 40.0 Å². The lowest BCUT2D eigenvalue weighted by molar-refractivity contribution is 0.629. The summed E-state index contributed by atoms with van der Waals surface area (Å²) < 4.78 is 0. The summed E-state index contributed by atoms with van der Waals surface area (Å²) in [6.07, 6.45) is 3.34. The van der Waals surface area contributed by atoms with Gasteiger partial charge in [-0.2, -0.15) is 11.8 Å². The Labute approximate surface area is 126 Å². The summed E-state index contributed by atoms with van der Waals surface area (Å²) >= 11 is 2.06. The molecule has 1 saturated heterocycles. The Balaban J connectivity index is 2.11. The molecule has 1 atom stereocenters. The van der Waals surface area contributed by atoms with Crippen LogP contribution in [-0.2, 0) is 6.42 Å². The zero-order valence-electron chi connectivity index (χ0n) is 12.8. The van der Waals surface area contributed by atoms with E-state index in [0.29, 0.717) is 0 Å². The SMILES string of the molecule is CCCc1nc(NCC)c(C)c(NCC2CCSC2)n1. The number of thioether (sulfide) groups is 1. The Kier molecular flexibility index (Phi) is 5.95. The summed E-state index contributed by atoms with van der Waals surface area (Å²) in [5, 5.41) is 6.90. The van der Waals surface area contributed by atoms with Crippen LogP contribution in [0.25, 0.3) is 0 Å². The third-order valence-electron chi connectivity index (χ3n) is 3.59. The van der Waals surface area contributed by atoms with Crippen molar-refractivity contribution in [2.75, 3.05) is 35.2 Å². The lowest BCUT2D eigenvalue weighted by atomic mass is 10.1. The summed E-state index contributed by atoms with van der Waals surface area (Å²) in [5.74, 6) is 6.30. The molecular weight excluding hydrogens is 268 g/mol. The highest BCUT2D eigenvalue weighted by atomic mass is 32.2. The molecule has 1 fully saturated rings. The molecule has 2 heterocycles. The minimum absolute atomic E-state index is 0.784. The molecule has 1 aliphatic rings. The van der Waals surface area contributed by atoms with Crippen LogP contribution >= 0.6 is 11.8 Å². The molecule has 0 aliphatic carbocycles. The number of hydrogen-bond donors (Lipinski definition) is 2. The Morgan fingerprint density at radius 3 is 2.55 bits per heavy atom. The summed E-state index contributed by atoms with van der Waals surface area (Å²) in [6, 6.07) is 0. The molecule has 1 aromatic heterocycles. The van der Waals surface area contributed by atoms with Crippen LogP contribution in [0.1, 0.15) is 38.1 Å².